The Kier molecular flexibility index (Phi) is 4.80. The van der Waals surface area contributed by atoms with E-state index in [0.717, 1.165) is 0 Å². The van der Waals surface area contributed by atoms with Gasteiger partial charge in [-0.05, 0) is 30.7 Å². The molecule has 2 fully saturated rings. The lowest BCUT2D eigenvalue weighted by Crippen LogP contribution is -2.54. The van der Waals surface area contributed by atoms with Crippen molar-refractivity contribution in [1.82, 2.24) is 14.5 Å². The number of halogens is 1. The van der Waals surface area contributed by atoms with Crippen molar-refractivity contribution in [2.24, 2.45) is 0 Å². The van der Waals surface area contributed by atoms with Gasteiger partial charge in [-0.25, -0.2) is 8.42 Å². The lowest BCUT2D eigenvalue weighted by Gasteiger charge is -2.35. The highest BCUT2D eigenvalue weighted by molar-refractivity contribution is 7.89. The van der Waals surface area contributed by atoms with E-state index in [2.05, 4.69) is 5.32 Å². The summed E-state index contributed by atoms with van der Waals surface area (Å²) in [4.78, 5) is 25.4. The van der Waals surface area contributed by atoms with Crippen molar-refractivity contribution in [1.29, 1.82) is 0 Å². The lowest BCUT2D eigenvalue weighted by molar-refractivity contribution is -0.135. The highest BCUT2D eigenvalue weighted by Gasteiger charge is 2.34. The summed E-state index contributed by atoms with van der Waals surface area (Å²) in [5, 5.41) is 3.12. The average Bonchev–Trinajstić information content (AvgIpc) is 3.01. The first-order chi connectivity index (χ1) is 11.4. The van der Waals surface area contributed by atoms with Gasteiger partial charge in [-0.15, -0.1) is 0 Å². The van der Waals surface area contributed by atoms with Crippen LogP contribution in [0, 0.1) is 0 Å². The van der Waals surface area contributed by atoms with Crippen LogP contribution in [0.4, 0.5) is 0 Å². The summed E-state index contributed by atoms with van der Waals surface area (Å²) in [7, 11) is -3.59. The molecule has 1 aromatic rings. The van der Waals surface area contributed by atoms with Crippen LogP contribution in [0.15, 0.2) is 29.2 Å². The molecule has 0 unspecified atom stereocenters. The Morgan fingerprint density at radius 3 is 2.29 bits per heavy atom. The normalized spacial score (nSPS) is 22.5. The molecule has 2 aliphatic rings. The van der Waals surface area contributed by atoms with Crippen molar-refractivity contribution in [2.45, 2.75) is 23.8 Å². The van der Waals surface area contributed by atoms with E-state index in [9.17, 15) is 18.0 Å². The van der Waals surface area contributed by atoms with Gasteiger partial charge in [0.1, 0.15) is 6.04 Å². The molecule has 3 rings (SSSR count). The number of carbonyl (C=O) groups excluding carboxylic acids is 2. The summed E-state index contributed by atoms with van der Waals surface area (Å²) in [5.41, 5.74) is 0. The van der Waals surface area contributed by atoms with Gasteiger partial charge in [-0.3, -0.25) is 9.59 Å². The van der Waals surface area contributed by atoms with Crippen molar-refractivity contribution in [3.05, 3.63) is 29.3 Å². The second-order valence-corrected chi connectivity index (χ2v) is 8.22. The fourth-order valence-electron chi connectivity index (χ4n) is 2.92. The molecule has 0 aliphatic carbocycles. The molecule has 24 heavy (non-hydrogen) atoms. The second kappa shape index (κ2) is 6.70. The topological polar surface area (TPSA) is 86.8 Å². The zero-order chi connectivity index (χ0) is 17.3. The van der Waals surface area contributed by atoms with Gasteiger partial charge in [0, 0.05) is 37.6 Å². The molecule has 1 atom stereocenters. The Morgan fingerprint density at radius 1 is 1.12 bits per heavy atom. The number of carbonyl (C=O) groups is 2. The summed E-state index contributed by atoms with van der Waals surface area (Å²) < 4.78 is 26.6. The Morgan fingerprint density at radius 2 is 1.75 bits per heavy atom. The Balaban J connectivity index is 1.63. The number of rotatable bonds is 3. The Labute approximate surface area is 145 Å². The monoisotopic (exact) mass is 371 g/mol. The van der Waals surface area contributed by atoms with Crippen LogP contribution in [0.25, 0.3) is 0 Å². The van der Waals surface area contributed by atoms with Crippen LogP contribution in [0.2, 0.25) is 5.02 Å². The van der Waals surface area contributed by atoms with Crippen LogP contribution in [0.5, 0.6) is 0 Å². The van der Waals surface area contributed by atoms with Crippen LogP contribution >= 0.6 is 11.6 Å². The van der Waals surface area contributed by atoms with Crippen LogP contribution in [-0.2, 0) is 19.6 Å². The predicted molar refractivity (Wildman–Crippen MR) is 88.0 cm³/mol. The fourth-order valence-corrected chi connectivity index (χ4v) is 4.47. The number of benzene rings is 1. The predicted octanol–water partition coefficient (Wildman–Crippen LogP) is 0.452. The average molecular weight is 372 g/mol. The Bertz CT molecular complexity index is 742. The third-order valence-electron chi connectivity index (χ3n) is 4.30. The number of sulfonamides is 1. The largest absolute Gasteiger partial charge is 0.344 e. The molecule has 0 aromatic heterocycles. The SMILES string of the molecule is O=C1CC[C@@H](C(=O)N2CCN(S(=O)(=O)c3ccc(Cl)cc3)CC2)N1. The molecule has 0 radical (unpaired) electrons. The minimum absolute atomic E-state index is 0.114. The summed E-state index contributed by atoms with van der Waals surface area (Å²) in [6.07, 6.45) is 0.863. The molecule has 0 bridgehead atoms. The van der Waals surface area contributed by atoms with E-state index in [-0.39, 0.29) is 29.8 Å². The van der Waals surface area contributed by atoms with E-state index in [1.807, 2.05) is 0 Å². The summed E-state index contributed by atoms with van der Waals surface area (Å²) in [6.45, 7) is 1.10. The van der Waals surface area contributed by atoms with Gasteiger partial charge >= 0.3 is 0 Å². The minimum Gasteiger partial charge on any atom is -0.344 e. The molecule has 2 heterocycles. The fraction of sp³-hybridized carbons (Fsp3) is 0.467. The minimum atomic E-state index is -3.59. The number of hydrogen-bond acceptors (Lipinski definition) is 4. The Hall–Kier alpha value is -1.64. The first kappa shape index (κ1) is 17.2. The van der Waals surface area contributed by atoms with E-state index >= 15 is 0 Å². The van der Waals surface area contributed by atoms with Crippen LogP contribution in [0.1, 0.15) is 12.8 Å². The molecule has 0 saturated carbocycles. The molecular weight excluding hydrogens is 354 g/mol. The number of piperazine rings is 1. The van der Waals surface area contributed by atoms with Crippen molar-refractivity contribution in [3.8, 4) is 0 Å². The molecular formula is C15H18ClN3O4S. The zero-order valence-electron chi connectivity index (χ0n) is 12.9. The maximum Gasteiger partial charge on any atom is 0.245 e. The van der Waals surface area contributed by atoms with Crippen molar-refractivity contribution in [2.75, 3.05) is 26.2 Å². The lowest BCUT2D eigenvalue weighted by atomic mass is 10.2. The van der Waals surface area contributed by atoms with Crippen molar-refractivity contribution < 1.29 is 18.0 Å². The zero-order valence-corrected chi connectivity index (χ0v) is 14.5. The second-order valence-electron chi connectivity index (χ2n) is 5.84. The van der Waals surface area contributed by atoms with Crippen LogP contribution in [0.3, 0.4) is 0 Å². The molecule has 0 spiro atoms. The molecule has 130 valence electrons. The van der Waals surface area contributed by atoms with Crippen LogP contribution in [-0.4, -0.2) is 61.7 Å². The highest BCUT2D eigenvalue weighted by atomic mass is 35.5. The molecule has 2 amide bonds. The first-order valence-corrected chi connectivity index (χ1v) is 9.53. The van der Waals surface area contributed by atoms with E-state index in [1.54, 1.807) is 4.90 Å². The van der Waals surface area contributed by atoms with Gasteiger partial charge in [0.05, 0.1) is 4.90 Å². The summed E-state index contributed by atoms with van der Waals surface area (Å²) in [5.74, 6) is -0.248. The van der Waals surface area contributed by atoms with E-state index in [4.69, 9.17) is 11.6 Å². The number of amides is 2. The van der Waals surface area contributed by atoms with Gasteiger partial charge in [0.15, 0.2) is 0 Å². The quantitative estimate of drug-likeness (QED) is 0.835. The van der Waals surface area contributed by atoms with Gasteiger partial charge in [-0.1, -0.05) is 11.6 Å². The van der Waals surface area contributed by atoms with Crippen molar-refractivity contribution >= 4 is 33.4 Å². The van der Waals surface area contributed by atoms with Crippen molar-refractivity contribution in [3.63, 3.8) is 0 Å². The maximum atomic E-state index is 12.6. The molecule has 1 N–H and O–H groups in total. The summed E-state index contributed by atoms with van der Waals surface area (Å²) in [6, 6.07) is 5.55. The molecule has 7 nitrogen and oxygen atoms in total. The van der Waals surface area contributed by atoms with Crippen LogP contribution < -0.4 is 5.32 Å². The van der Waals surface area contributed by atoms with Gasteiger partial charge < -0.3 is 10.2 Å². The van der Waals surface area contributed by atoms with E-state index in [0.29, 0.717) is 31.0 Å². The third-order valence-corrected chi connectivity index (χ3v) is 6.46. The van der Waals surface area contributed by atoms with E-state index < -0.39 is 16.1 Å². The molecule has 9 heteroatoms. The molecule has 2 saturated heterocycles. The number of nitrogens with zero attached hydrogens (tertiary/aromatic N) is 2. The smallest absolute Gasteiger partial charge is 0.245 e. The molecule has 2 aliphatic heterocycles. The standard InChI is InChI=1S/C15H18ClN3O4S/c16-11-1-3-12(4-2-11)24(22,23)19-9-7-18(8-10-19)15(21)13-5-6-14(20)17-13/h1-4,13H,5-10H2,(H,17,20)/t13-/m0/s1. The van der Waals surface area contributed by atoms with E-state index in [1.165, 1.54) is 28.6 Å². The maximum absolute atomic E-state index is 12.6. The molecule has 1 aromatic carbocycles. The van der Waals surface area contributed by atoms with Gasteiger partial charge in [0.25, 0.3) is 0 Å². The first-order valence-electron chi connectivity index (χ1n) is 7.72. The number of hydrogen-bond donors (Lipinski definition) is 1. The third kappa shape index (κ3) is 3.40. The summed E-state index contributed by atoms with van der Waals surface area (Å²) >= 11 is 5.79. The van der Waals surface area contributed by atoms with Gasteiger partial charge in [-0.2, -0.15) is 4.31 Å². The number of nitrogens with one attached hydrogen (secondary N) is 1. The highest BCUT2D eigenvalue weighted by Crippen LogP contribution is 2.20. The van der Waals surface area contributed by atoms with Gasteiger partial charge in [0.2, 0.25) is 21.8 Å².